The zero-order valence-corrected chi connectivity index (χ0v) is 36.6. The molecule has 5 aliphatic heterocycles. The molecule has 8 bridgehead atoms. The maximum absolute atomic E-state index is 12.6. The van der Waals surface area contributed by atoms with E-state index in [2.05, 4.69) is 52.8 Å². The summed E-state index contributed by atoms with van der Waals surface area (Å²) in [7, 11) is 0. The smallest absolute Gasteiger partial charge is 0.306 e. The Bertz CT molecular complexity index is 1290. The number of carboxylic acid groups (broad SMARTS) is 1. The van der Waals surface area contributed by atoms with Gasteiger partial charge in [-0.15, -0.1) is 0 Å². The van der Waals surface area contributed by atoms with Crippen LogP contribution in [0.4, 0.5) is 0 Å². The molecule has 0 spiro atoms. The predicted octanol–water partition coefficient (Wildman–Crippen LogP) is 3.41. The molecule has 0 aromatic heterocycles. The Morgan fingerprint density at radius 3 is 1.17 bits per heavy atom. The number of fused-ring (bicyclic) bond motifs is 20. The van der Waals surface area contributed by atoms with E-state index < -0.39 is 5.97 Å². The third kappa shape index (κ3) is 8.58. The van der Waals surface area contributed by atoms with Crippen LogP contribution in [0.1, 0.15) is 124 Å². The molecule has 17 unspecified atom stereocenters. The largest absolute Gasteiger partial charge is 0.481 e. The van der Waals surface area contributed by atoms with Gasteiger partial charge in [0.15, 0.2) is 0 Å². The number of hydrogen-bond acceptors (Lipinski definition) is 10. The number of carboxylic acids is 1. The van der Waals surface area contributed by atoms with Gasteiger partial charge in [0.1, 0.15) is 0 Å². The molecule has 4 aliphatic carbocycles. The fraction of sp³-hybridized carbons (Fsp3) is 0.950. The van der Waals surface area contributed by atoms with Gasteiger partial charge in [0.2, 0.25) is 0 Å². The van der Waals surface area contributed by atoms with Crippen molar-refractivity contribution in [2.24, 2.45) is 64.0 Å². The molecule has 14 heteroatoms. The first-order valence-corrected chi connectivity index (χ1v) is 22.0. The summed E-state index contributed by atoms with van der Waals surface area (Å²) in [6.45, 7) is 7.90. The first-order valence-electron chi connectivity index (χ1n) is 22.0. The number of rotatable bonds is 3. The minimum absolute atomic E-state index is 0. The van der Waals surface area contributed by atoms with Gasteiger partial charge in [0, 0.05) is 31.4 Å². The Hall–Kier alpha value is -0.957. The van der Waals surface area contributed by atoms with E-state index in [1.165, 1.54) is 77.0 Å². The zero-order chi connectivity index (χ0) is 36.8. The maximum atomic E-state index is 12.6. The van der Waals surface area contributed by atoms with Crippen LogP contribution in [0.2, 0.25) is 0 Å². The molecule has 302 valence electrons. The van der Waals surface area contributed by atoms with Gasteiger partial charge in [-0.05, 0) is 105 Å². The number of nitrogens with two attached hydrogens (primary N) is 1. The molecule has 5 saturated heterocycles. The summed E-state index contributed by atoms with van der Waals surface area (Å²) in [5, 5.41) is 47.4. The fourth-order valence-corrected chi connectivity index (χ4v) is 12.9. The standard InChI is InChI=1S/C33H56N8O2.C7H16N3.Zn/c42-33(43)23-15-7-14-22-24(23)32-40-30-21-13-6-5-12-20(21)28(38-30)36-26-17-9-2-1-8-16(17)25(34-26)35-27-18-10-3-4-11-19(18)29(37-27)39-31(22)41-32;1-5(2)9-7(8)10-6(3)4;/h16-32,34-41H,1-15H2,(H,42,43);5-6H,1-4H3,(H2-,8,9,10);/q;-1;. The maximum Gasteiger partial charge on any atom is 0.306 e. The molecular formula is C40H72N11O2Zn-. The second kappa shape index (κ2) is 17.9. The van der Waals surface area contributed by atoms with Crippen molar-refractivity contribution < 1.29 is 29.4 Å². The summed E-state index contributed by atoms with van der Waals surface area (Å²) in [5.41, 5.74) is 5.46. The van der Waals surface area contributed by atoms with Crippen molar-refractivity contribution in [1.82, 2.24) is 42.5 Å². The summed E-state index contributed by atoms with van der Waals surface area (Å²) in [6, 6.07) is 0.477. The molecule has 4 saturated carbocycles. The molecule has 13 nitrogen and oxygen atoms in total. The number of carbonyl (C=O) groups is 1. The number of guanidine groups is 1. The Kier molecular flexibility index (Phi) is 13.7. The third-order valence-corrected chi connectivity index (χ3v) is 15.0. The summed E-state index contributed by atoms with van der Waals surface area (Å²) in [6.07, 6.45) is 20.5. The normalized spacial score (nSPS) is 47.0. The first-order chi connectivity index (χ1) is 25.6. The minimum atomic E-state index is -0.607. The molecule has 9 rings (SSSR count). The Morgan fingerprint density at radius 2 is 0.852 bits per heavy atom. The third-order valence-electron chi connectivity index (χ3n) is 15.0. The molecule has 9 aliphatic rings. The molecule has 0 aromatic rings. The van der Waals surface area contributed by atoms with Crippen LogP contribution in [0.3, 0.4) is 0 Å². The monoisotopic (exact) mass is 803 g/mol. The Morgan fingerprint density at radius 1 is 0.537 bits per heavy atom. The van der Waals surface area contributed by atoms with Gasteiger partial charge < -0.3 is 21.1 Å². The first kappa shape index (κ1) is 41.2. The van der Waals surface area contributed by atoms with Crippen molar-refractivity contribution in [2.45, 2.75) is 185 Å². The van der Waals surface area contributed by atoms with E-state index in [-0.39, 0.29) is 68.1 Å². The second-order valence-corrected chi connectivity index (χ2v) is 18.9. The molecule has 0 aromatic carbocycles. The predicted molar refractivity (Wildman–Crippen MR) is 209 cm³/mol. The van der Waals surface area contributed by atoms with E-state index in [0.29, 0.717) is 72.0 Å². The Balaban J connectivity index is 0.000000363. The van der Waals surface area contributed by atoms with Gasteiger partial charge >= 0.3 is 5.97 Å². The molecule has 0 amide bonds. The molecular weight excluding hydrogens is 732 g/mol. The van der Waals surface area contributed by atoms with Crippen LogP contribution in [-0.2, 0) is 24.3 Å². The quantitative estimate of drug-likeness (QED) is 0.115. The van der Waals surface area contributed by atoms with Crippen molar-refractivity contribution in [3.8, 4) is 0 Å². The van der Waals surface area contributed by atoms with Gasteiger partial charge in [-0.3, -0.25) is 47.3 Å². The Labute approximate surface area is 337 Å². The van der Waals surface area contributed by atoms with Crippen LogP contribution in [-0.4, -0.2) is 78.4 Å². The van der Waals surface area contributed by atoms with E-state index in [9.17, 15) is 9.90 Å². The van der Waals surface area contributed by atoms with Gasteiger partial charge in [-0.25, -0.2) is 0 Å². The number of nitrogens with one attached hydrogen (secondary N) is 8. The average molecular weight is 804 g/mol. The van der Waals surface area contributed by atoms with Crippen LogP contribution < -0.4 is 48.3 Å². The van der Waals surface area contributed by atoms with Crippen molar-refractivity contribution in [1.29, 1.82) is 0 Å². The fourth-order valence-electron chi connectivity index (χ4n) is 12.9. The van der Waals surface area contributed by atoms with Crippen molar-refractivity contribution in [3.05, 3.63) is 5.32 Å². The van der Waals surface area contributed by atoms with Gasteiger partial charge in [0.25, 0.3) is 0 Å². The molecule has 0 radical (unpaired) electrons. The molecule has 5 heterocycles. The molecule has 11 N–H and O–H groups in total. The van der Waals surface area contributed by atoms with Crippen LogP contribution in [0.25, 0.3) is 5.32 Å². The van der Waals surface area contributed by atoms with Crippen molar-refractivity contribution >= 4 is 11.9 Å². The van der Waals surface area contributed by atoms with E-state index >= 15 is 0 Å². The summed E-state index contributed by atoms with van der Waals surface area (Å²) in [4.78, 5) is 16.7. The summed E-state index contributed by atoms with van der Waals surface area (Å²) in [5.74, 6) is 3.77. The van der Waals surface area contributed by atoms with Gasteiger partial charge in [0.05, 0.1) is 55.2 Å². The van der Waals surface area contributed by atoms with E-state index in [1.807, 2.05) is 27.7 Å². The zero-order valence-electron chi connectivity index (χ0n) is 33.6. The molecule has 54 heavy (non-hydrogen) atoms. The number of hydrogen-bond donors (Lipinski definition) is 10. The van der Waals surface area contributed by atoms with Crippen molar-refractivity contribution in [3.63, 3.8) is 0 Å². The van der Waals surface area contributed by atoms with Crippen LogP contribution >= 0.6 is 0 Å². The topological polar surface area (TPSA) is 186 Å². The molecule has 9 fully saturated rings. The molecule has 17 atom stereocenters. The van der Waals surface area contributed by atoms with Crippen LogP contribution in [0.5, 0.6) is 0 Å². The number of aliphatic carboxylic acids is 1. The summed E-state index contributed by atoms with van der Waals surface area (Å²) < 4.78 is 0. The number of aliphatic imine (C=N–C) groups is 1. The van der Waals surface area contributed by atoms with E-state index in [4.69, 9.17) is 5.73 Å². The van der Waals surface area contributed by atoms with Crippen LogP contribution in [0.15, 0.2) is 4.99 Å². The van der Waals surface area contributed by atoms with Gasteiger partial charge in [-0.2, -0.15) is 0 Å². The minimum Gasteiger partial charge on any atom is -0.481 e. The average Bonchev–Trinajstić information content (AvgIpc) is 3.87. The SMILES string of the molecule is CC(C)N=C(N)[N-]C(C)C.O=C(O)C1CCCC2C3NC4NC(NC5NC(NC6NC(NC(N3)C12)C1CCCCC61)C1CCCCC51)C1CCCCC41.[Zn]. The van der Waals surface area contributed by atoms with Crippen LogP contribution in [0, 0.1) is 53.3 Å². The number of nitrogens with zero attached hydrogens (tertiary/aromatic N) is 2. The second-order valence-electron chi connectivity index (χ2n) is 18.9. The summed E-state index contributed by atoms with van der Waals surface area (Å²) >= 11 is 0. The van der Waals surface area contributed by atoms with E-state index in [0.717, 1.165) is 19.3 Å². The van der Waals surface area contributed by atoms with Gasteiger partial charge in [-0.1, -0.05) is 72.6 Å². The van der Waals surface area contributed by atoms with E-state index in [1.54, 1.807) is 0 Å². The van der Waals surface area contributed by atoms with Crippen molar-refractivity contribution in [2.75, 3.05) is 0 Å².